The molecule has 0 aliphatic heterocycles. The van der Waals surface area contributed by atoms with E-state index < -0.39 is 5.82 Å². The van der Waals surface area contributed by atoms with Crippen LogP contribution in [0.25, 0.3) is 10.9 Å². The van der Waals surface area contributed by atoms with Gasteiger partial charge in [0.1, 0.15) is 5.52 Å². The molecule has 0 atom stereocenters. The average molecular weight is 281 g/mol. The van der Waals surface area contributed by atoms with Crippen LogP contribution in [0.15, 0.2) is 54.7 Å². The Morgan fingerprint density at radius 3 is 2.67 bits per heavy atom. The van der Waals surface area contributed by atoms with Crippen LogP contribution in [0, 0.1) is 5.82 Å². The number of pyridine rings is 1. The number of carbonyl (C=O) groups is 1. The molecular weight excluding hydrogens is 269 g/mol. The highest BCUT2D eigenvalue weighted by atomic mass is 19.1. The average Bonchev–Trinajstić information content (AvgIpc) is 2.49. The number of nitrogens with zero attached hydrogens (tertiary/aromatic N) is 1. The Labute approximate surface area is 121 Å². The monoisotopic (exact) mass is 281 g/mol. The summed E-state index contributed by atoms with van der Waals surface area (Å²) in [6.07, 6.45) is 1.64. The van der Waals surface area contributed by atoms with Crippen molar-refractivity contribution < 1.29 is 13.9 Å². The van der Waals surface area contributed by atoms with Crippen LogP contribution in [0.2, 0.25) is 0 Å². The molecular formula is C17H12FNO2. The summed E-state index contributed by atoms with van der Waals surface area (Å²) in [6.45, 7) is 1.38. The summed E-state index contributed by atoms with van der Waals surface area (Å²) >= 11 is 0. The second-order valence-electron chi connectivity index (χ2n) is 4.61. The largest absolute Gasteiger partial charge is 0.451 e. The van der Waals surface area contributed by atoms with Gasteiger partial charge >= 0.3 is 0 Å². The number of rotatable bonds is 3. The molecule has 0 radical (unpaired) electrons. The van der Waals surface area contributed by atoms with Crippen molar-refractivity contribution >= 4 is 16.7 Å². The Hall–Kier alpha value is -2.75. The van der Waals surface area contributed by atoms with Crippen molar-refractivity contribution in [2.45, 2.75) is 6.92 Å². The second-order valence-corrected chi connectivity index (χ2v) is 4.61. The lowest BCUT2D eigenvalue weighted by Crippen LogP contribution is -2.00. The molecule has 3 aromatic rings. The van der Waals surface area contributed by atoms with Gasteiger partial charge in [-0.05, 0) is 31.2 Å². The number of benzene rings is 2. The lowest BCUT2D eigenvalue weighted by atomic mass is 10.1. The minimum absolute atomic E-state index is 0.0665. The molecule has 1 aromatic heterocycles. The molecule has 0 bridgehead atoms. The van der Waals surface area contributed by atoms with Crippen molar-refractivity contribution in [3.8, 4) is 11.5 Å². The summed E-state index contributed by atoms with van der Waals surface area (Å²) in [4.78, 5) is 15.9. The highest BCUT2D eigenvalue weighted by molar-refractivity contribution is 5.97. The molecule has 0 aliphatic rings. The molecule has 21 heavy (non-hydrogen) atoms. The number of Topliss-reactive ketones (excluding diaryl/α,β-unsaturated/α-hetero) is 1. The highest BCUT2D eigenvalue weighted by Crippen LogP contribution is 2.32. The van der Waals surface area contributed by atoms with Gasteiger partial charge in [0.25, 0.3) is 0 Å². The van der Waals surface area contributed by atoms with Gasteiger partial charge in [-0.3, -0.25) is 9.78 Å². The number of aromatic nitrogens is 1. The van der Waals surface area contributed by atoms with E-state index in [9.17, 15) is 9.18 Å². The Balaban J connectivity index is 2.13. The van der Waals surface area contributed by atoms with Crippen molar-refractivity contribution in [2.75, 3.05) is 0 Å². The van der Waals surface area contributed by atoms with E-state index in [4.69, 9.17) is 4.74 Å². The molecule has 104 valence electrons. The van der Waals surface area contributed by atoms with Crippen LogP contribution in [-0.4, -0.2) is 10.8 Å². The minimum atomic E-state index is -0.573. The molecule has 3 rings (SSSR count). The van der Waals surface area contributed by atoms with Crippen molar-refractivity contribution in [1.29, 1.82) is 0 Å². The molecule has 0 N–H and O–H groups in total. The highest BCUT2D eigenvalue weighted by Gasteiger charge is 2.15. The standard InChI is InChI=1S/C17H12FNO2/c1-11(20)13-7-3-8-14(18)17(13)21-15-9-2-5-12-6-4-10-19-16(12)15/h2-10H,1H3. The smallest absolute Gasteiger partial charge is 0.173 e. The number of ketones is 1. The third-order valence-corrected chi connectivity index (χ3v) is 3.15. The molecule has 0 unspecified atom stereocenters. The number of hydrogen-bond donors (Lipinski definition) is 0. The Kier molecular flexibility index (Phi) is 3.36. The number of ether oxygens (including phenoxy) is 1. The first-order valence-corrected chi connectivity index (χ1v) is 6.48. The molecule has 0 amide bonds. The summed E-state index contributed by atoms with van der Waals surface area (Å²) in [6, 6.07) is 13.4. The summed E-state index contributed by atoms with van der Waals surface area (Å²) < 4.78 is 19.7. The lowest BCUT2D eigenvalue weighted by molar-refractivity contribution is 0.101. The van der Waals surface area contributed by atoms with Crippen LogP contribution >= 0.6 is 0 Å². The van der Waals surface area contributed by atoms with E-state index in [-0.39, 0.29) is 17.1 Å². The van der Waals surface area contributed by atoms with Crippen molar-refractivity contribution in [3.05, 3.63) is 66.1 Å². The first-order valence-electron chi connectivity index (χ1n) is 6.48. The number of carbonyl (C=O) groups excluding carboxylic acids is 1. The zero-order valence-corrected chi connectivity index (χ0v) is 11.3. The van der Waals surface area contributed by atoms with E-state index in [0.29, 0.717) is 11.3 Å². The Morgan fingerprint density at radius 2 is 1.86 bits per heavy atom. The van der Waals surface area contributed by atoms with E-state index >= 15 is 0 Å². The molecule has 4 heteroatoms. The Bertz CT molecular complexity index is 825. The summed E-state index contributed by atoms with van der Waals surface area (Å²) in [5.41, 5.74) is 0.834. The van der Waals surface area contributed by atoms with Gasteiger partial charge in [-0.2, -0.15) is 0 Å². The summed E-state index contributed by atoms with van der Waals surface area (Å²) in [5.74, 6) is -0.475. The van der Waals surface area contributed by atoms with Gasteiger partial charge in [0, 0.05) is 11.6 Å². The zero-order chi connectivity index (χ0) is 14.8. The first-order chi connectivity index (χ1) is 10.2. The van der Waals surface area contributed by atoms with Crippen LogP contribution in [0.3, 0.4) is 0 Å². The van der Waals surface area contributed by atoms with E-state index in [1.807, 2.05) is 18.2 Å². The van der Waals surface area contributed by atoms with E-state index in [1.54, 1.807) is 24.4 Å². The van der Waals surface area contributed by atoms with E-state index in [0.717, 1.165) is 5.39 Å². The van der Waals surface area contributed by atoms with Gasteiger partial charge in [0.15, 0.2) is 23.1 Å². The quantitative estimate of drug-likeness (QED) is 0.669. The van der Waals surface area contributed by atoms with Crippen LogP contribution in [0.5, 0.6) is 11.5 Å². The third kappa shape index (κ3) is 2.48. The van der Waals surface area contributed by atoms with Crippen LogP contribution < -0.4 is 4.74 Å². The predicted molar refractivity (Wildman–Crippen MR) is 78.2 cm³/mol. The maximum Gasteiger partial charge on any atom is 0.173 e. The number of halogens is 1. The fourth-order valence-corrected chi connectivity index (χ4v) is 2.16. The number of fused-ring (bicyclic) bond motifs is 1. The molecule has 1 heterocycles. The van der Waals surface area contributed by atoms with Crippen LogP contribution in [0.4, 0.5) is 4.39 Å². The molecule has 0 saturated carbocycles. The van der Waals surface area contributed by atoms with Crippen LogP contribution in [-0.2, 0) is 0 Å². The Morgan fingerprint density at radius 1 is 1.10 bits per heavy atom. The lowest BCUT2D eigenvalue weighted by Gasteiger charge is -2.11. The molecule has 0 saturated heterocycles. The van der Waals surface area contributed by atoms with Crippen molar-refractivity contribution in [3.63, 3.8) is 0 Å². The number of hydrogen-bond acceptors (Lipinski definition) is 3. The van der Waals surface area contributed by atoms with E-state index in [2.05, 4.69) is 4.98 Å². The van der Waals surface area contributed by atoms with Gasteiger partial charge in [0.2, 0.25) is 0 Å². The second kappa shape index (κ2) is 5.32. The normalized spacial score (nSPS) is 10.6. The first kappa shape index (κ1) is 13.2. The van der Waals surface area contributed by atoms with Gasteiger partial charge in [-0.25, -0.2) is 4.39 Å². The molecule has 3 nitrogen and oxygen atoms in total. The summed E-state index contributed by atoms with van der Waals surface area (Å²) in [7, 11) is 0. The van der Waals surface area contributed by atoms with Crippen molar-refractivity contribution in [2.24, 2.45) is 0 Å². The predicted octanol–water partition coefficient (Wildman–Crippen LogP) is 4.37. The molecule has 2 aromatic carbocycles. The van der Waals surface area contributed by atoms with Gasteiger partial charge in [0.05, 0.1) is 5.56 Å². The summed E-state index contributed by atoms with van der Waals surface area (Å²) in [5, 5.41) is 0.885. The van der Waals surface area contributed by atoms with E-state index in [1.165, 1.54) is 19.1 Å². The van der Waals surface area contributed by atoms with Gasteiger partial charge < -0.3 is 4.74 Å². The maximum absolute atomic E-state index is 14.0. The number of para-hydroxylation sites is 2. The zero-order valence-electron chi connectivity index (χ0n) is 11.3. The van der Waals surface area contributed by atoms with Gasteiger partial charge in [-0.15, -0.1) is 0 Å². The molecule has 0 aliphatic carbocycles. The molecule has 0 fully saturated rings. The topological polar surface area (TPSA) is 39.2 Å². The SMILES string of the molecule is CC(=O)c1cccc(F)c1Oc1cccc2cccnc12. The minimum Gasteiger partial charge on any atom is -0.451 e. The van der Waals surface area contributed by atoms with Gasteiger partial charge in [-0.1, -0.05) is 24.3 Å². The fraction of sp³-hybridized carbons (Fsp3) is 0.0588. The fourth-order valence-electron chi connectivity index (χ4n) is 2.16. The molecule has 0 spiro atoms. The van der Waals surface area contributed by atoms with Crippen LogP contribution in [0.1, 0.15) is 17.3 Å². The maximum atomic E-state index is 14.0. The third-order valence-electron chi connectivity index (χ3n) is 3.15. The van der Waals surface area contributed by atoms with Crippen molar-refractivity contribution in [1.82, 2.24) is 4.98 Å².